The van der Waals surface area contributed by atoms with Crippen LogP contribution in [0, 0.1) is 11.3 Å². The van der Waals surface area contributed by atoms with Crippen molar-refractivity contribution in [1.82, 2.24) is 9.88 Å². The van der Waals surface area contributed by atoms with Crippen molar-refractivity contribution in [2.45, 2.75) is 19.4 Å². The van der Waals surface area contributed by atoms with Crippen molar-refractivity contribution in [3.05, 3.63) is 23.5 Å². The number of nitriles is 1. The number of aromatic amines is 1. The van der Waals surface area contributed by atoms with E-state index in [1.54, 1.807) is 20.9 Å². The molecule has 86 valence electrons. The fourth-order valence-electron chi connectivity index (χ4n) is 1.44. The second-order valence-electron chi connectivity index (χ2n) is 4.39. The molecule has 0 aliphatic heterocycles. The molecule has 1 heterocycles. The summed E-state index contributed by atoms with van der Waals surface area (Å²) in [5.41, 5.74) is -0.169. The van der Waals surface area contributed by atoms with Crippen molar-refractivity contribution < 1.29 is 9.90 Å². The topological polar surface area (TPSA) is 80.1 Å². The van der Waals surface area contributed by atoms with E-state index in [1.807, 2.05) is 6.07 Å². The molecule has 0 aliphatic carbocycles. The van der Waals surface area contributed by atoms with E-state index in [1.165, 1.54) is 17.2 Å². The van der Waals surface area contributed by atoms with Crippen molar-refractivity contribution in [2.75, 3.05) is 13.6 Å². The van der Waals surface area contributed by atoms with E-state index >= 15 is 0 Å². The van der Waals surface area contributed by atoms with Gasteiger partial charge in [-0.05, 0) is 19.9 Å². The summed E-state index contributed by atoms with van der Waals surface area (Å²) in [6.45, 7) is 3.49. The average Bonchev–Trinajstić information content (AvgIpc) is 2.61. The van der Waals surface area contributed by atoms with E-state index in [9.17, 15) is 9.90 Å². The van der Waals surface area contributed by atoms with Gasteiger partial charge in [-0.2, -0.15) is 5.26 Å². The van der Waals surface area contributed by atoms with Crippen LogP contribution in [0.4, 0.5) is 0 Å². The lowest BCUT2D eigenvalue weighted by Crippen LogP contribution is -2.39. The third kappa shape index (κ3) is 3.11. The maximum absolute atomic E-state index is 11.8. The van der Waals surface area contributed by atoms with Gasteiger partial charge in [0.15, 0.2) is 0 Å². The first-order valence-electron chi connectivity index (χ1n) is 4.90. The van der Waals surface area contributed by atoms with Crippen molar-refractivity contribution in [3.8, 4) is 6.07 Å². The minimum Gasteiger partial charge on any atom is -0.389 e. The van der Waals surface area contributed by atoms with Gasteiger partial charge in [0, 0.05) is 19.8 Å². The second kappa shape index (κ2) is 4.37. The summed E-state index contributed by atoms with van der Waals surface area (Å²) < 4.78 is 0. The molecule has 0 saturated heterocycles. The van der Waals surface area contributed by atoms with Crippen molar-refractivity contribution >= 4 is 5.91 Å². The van der Waals surface area contributed by atoms with E-state index in [0.29, 0.717) is 11.3 Å². The van der Waals surface area contributed by atoms with Crippen LogP contribution in [0.3, 0.4) is 0 Å². The van der Waals surface area contributed by atoms with Crippen LogP contribution in [0.15, 0.2) is 12.3 Å². The molecule has 1 rings (SSSR count). The highest BCUT2D eigenvalue weighted by Crippen LogP contribution is 2.08. The highest BCUT2D eigenvalue weighted by atomic mass is 16.3. The Morgan fingerprint density at radius 2 is 2.31 bits per heavy atom. The SMILES string of the molecule is CN(CC(C)(C)O)C(=O)c1cc(C#N)c[nH]1. The van der Waals surface area contributed by atoms with Gasteiger partial charge in [-0.15, -0.1) is 0 Å². The lowest BCUT2D eigenvalue weighted by molar-refractivity contribution is 0.0365. The van der Waals surface area contributed by atoms with Gasteiger partial charge in [-0.1, -0.05) is 0 Å². The highest BCUT2D eigenvalue weighted by molar-refractivity contribution is 5.92. The first-order chi connectivity index (χ1) is 7.33. The van der Waals surface area contributed by atoms with Gasteiger partial charge in [0.2, 0.25) is 0 Å². The normalized spacial score (nSPS) is 10.9. The third-order valence-corrected chi connectivity index (χ3v) is 2.01. The number of likely N-dealkylation sites (N-methyl/N-ethyl adjacent to an activating group) is 1. The van der Waals surface area contributed by atoms with Crippen LogP contribution in [0.2, 0.25) is 0 Å². The number of carbonyl (C=O) groups is 1. The quantitative estimate of drug-likeness (QED) is 0.789. The zero-order chi connectivity index (χ0) is 12.3. The van der Waals surface area contributed by atoms with Crippen molar-refractivity contribution in [2.24, 2.45) is 0 Å². The smallest absolute Gasteiger partial charge is 0.270 e. The molecule has 0 spiro atoms. The van der Waals surface area contributed by atoms with Gasteiger partial charge in [-0.3, -0.25) is 4.79 Å². The van der Waals surface area contributed by atoms with E-state index < -0.39 is 5.60 Å². The first kappa shape index (κ1) is 12.3. The summed E-state index contributed by atoms with van der Waals surface area (Å²) >= 11 is 0. The van der Waals surface area contributed by atoms with E-state index in [-0.39, 0.29) is 12.5 Å². The molecule has 0 fully saturated rings. The molecule has 0 atom stereocenters. The Bertz CT molecular complexity index is 423. The standard InChI is InChI=1S/C11H15N3O2/c1-11(2,16)7-14(3)10(15)9-4-8(5-12)6-13-9/h4,6,13,16H,7H2,1-3H3. The van der Waals surface area contributed by atoms with Crippen LogP contribution in [0.1, 0.15) is 29.9 Å². The molecule has 16 heavy (non-hydrogen) atoms. The Hall–Kier alpha value is -1.80. The molecule has 0 bridgehead atoms. The van der Waals surface area contributed by atoms with Gasteiger partial charge < -0.3 is 15.0 Å². The van der Waals surface area contributed by atoms with Crippen LogP contribution in [-0.2, 0) is 0 Å². The number of aromatic nitrogens is 1. The predicted octanol–water partition coefficient (Wildman–Crippen LogP) is 0.729. The van der Waals surface area contributed by atoms with Crippen LogP contribution < -0.4 is 0 Å². The lowest BCUT2D eigenvalue weighted by atomic mass is 10.1. The summed E-state index contributed by atoms with van der Waals surface area (Å²) in [7, 11) is 1.60. The third-order valence-electron chi connectivity index (χ3n) is 2.01. The minimum atomic E-state index is -0.935. The molecular formula is C11H15N3O2. The molecule has 2 N–H and O–H groups in total. The summed E-state index contributed by atoms with van der Waals surface area (Å²) in [6.07, 6.45) is 1.48. The Labute approximate surface area is 94.3 Å². The Morgan fingerprint density at radius 1 is 1.69 bits per heavy atom. The molecule has 5 nitrogen and oxygen atoms in total. The summed E-state index contributed by atoms with van der Waals surface area (Å²) in [4.78, 5) is 16.0. The zero-order valence-electron chi connectivity index (χ0n) is 9.61. The Morgan fingerprint density at radius 3 is 2.75 bits per heavy atom. The monoisotopic (exact) mass is 221 g/mol. The van der Waals surface area contributed by atoms with Gasteiger partial charge in [0.25, 0.3) is 5.91 Å². The molecule has 5 heteroatoms. The van der Waals surface area contributed by atoms with Gasteiger partial charge in [0.1, 0.15) is 11.8 Å². The Balaban J connectivity index is 2.75. The van der Waals surface area contributed by atoms with Crippen molar-refractivity contribution in [1.29, 1.82) is 5.26 Å². The molecular weight excluding hydrogens is 206 g/mol. The largest absolute Gasteiger partial charge is 0.389 e. The predicted molar refractivity (Wildman–Crippen MR) is 58.8 cm³/mol. The maximum atomic E-state index is 11.8. The lowest BCUT2D eigenvalue weighted by Gasteiger charge is -2.25. The fourth-order valence-corrected chi connectivity index (χ4v) is 1.44. The number of rotatable bonds is 3. The fraction of sp³-hybridized carbons (Fsp3) is 0.455. The van der Waals surface area contributed by atoms with E-state index in [2.05, 4.69) is 4.98 Å². The molecule has 0 saturated carbocycles. The highest BCUT2D eigenvalue weighted by Gasteiger charge is 2.21. The van der Waals surface area contributed by atoms with E-state index in [4.69, 9.17) is 5.26 Å². The van der Waals surface area contributed by atoms with Crippen LogP contribution >= 0.6 is 0 Å². The molecule has 0 aliphatic rings. The Kier molecular flexibility index (Phi) is 3.35. The average molecular weight is 221 g/mol. The number of hydrogen-bond acceptors (Lipinski definition) is 3. The number of amides is 1. The molecule has 1 amide bonds. The molecule has 0 radical (unpaired) electrons. The van der Waals surface area contributed by atoms with E-state index in [0.717, 1.165) is 0 Å². The molecule has 1 aromatic rings. The number of carbonyl (C=O) groups excluding carboxylic acids is 1. The minimum absolute atomic E-state index is 0.229. The van der Waals surface area contributed by atoms with Crippen molar-refractivity contribution in [3.63, 3.8) is 0 Å². The van der Waals surface area contributed by atoms with Gasteiger partial charge in [0.05, 0.1) is 11.2 Å². The van der Waals surface area contributed by atoms with Gasteiger partial charge in [-0.25, -0.2) is 0 Å². The molecule has 0 aromatic carbocycles. The number of hydrogen-bond donors (Lipinski definition) is 2. The summed E-state index contributed by atoms with van der Waals surface area (Å²) in [5, 5.41) is 18.2. The first-order valence-corrected chi connectivity index (χ1v) is 4.90. The number of aliphatic hydroxyl groups is 1. The number of nitrogens with zero attached hydrogens (tertiary/aromatic N) is 2. The van der Waals surface area contributed by atoms with Crippen LogP contribution in [-0.4, -0.2) is 40.1 Å². The van der Waals surface area contributed by atoms with Gasteiger partial charge >= 0.3 is 0 Å². The second-order valence-corrected chi connectivity index (χ2v) is 4.39. The number of H-pyrrole nitrogens is 1. The summed E-state index contributed by atoms with van der Waals surface area (Å²) in [6, 6.07) is 3.43. The van der Waals surface area contributed by atoms with Crippen LogP contribution in [0.25, 0.3) is 0 Å². The summed E-state index contributed by atoms with van der Waals surface area (Å²) in [5.74, 6) is -0.247. The zero-order valence-corrected chi connectivity index (χ0v) is 9.61. The maximum Gasteiger partial charge on any atom is 0.270 e. The van der Waals surface area contributed by atoms with Crippen LogP contribution in [0.5, 0.6) is 0 Å². The molecule has 0 unspecified atom stereocenters. The number of nitrogens with one attached hydrogen (secondary N) is 1. The molecule has 1 aromatic heterocycles.